The molecule has 0 aromatic heterocycles. The third-order valence-corrected chi connectivity index (χ3v) is 2.73. The third kappa shape index (κ3) is 6.24. The van der Waals surface area contributed by atoms with Crippen LogP contribution >= 0.6 is 0 Å². The van der Waals surface area contributed by atoms with Crippen molar-refractivity contribution in [2.75, 3.05) is 19.8 Å². The molecule has 0 radical (unpaired) electrons. The maximum absolute atomic E-state index is 5.39. The monoisotopic (exact) mass is 189 g/mol. The minimum Gasteiger partial charge on any atom is -0.466 e. The van der Waals surface area contributed by atoms with Crippen LogP contribution in [0.2, 0.25) is 6.04 Å². The fraction of sp³-hybridized carbons (Fsp3) is 0.750. The number of hydrogen-bond acceptors (Lipinski definition) is 3. The van der Waals surface area contributed by atoms with E-state index >= 15 is 0 Å². The molecule has 0 spiro atoms. The smallest absolute Gasteiger partial charge is 0.270 e. The van der Waals surface area contributed by atoms with E-state index in [0.717, 1.165) is 12.6 Å². The van der Waals surface area contributed by atoms with E-state index in [-0.39, 0.29) is 9.52 Å². The van der Waals surface area contributed by atoms with Gasteiger partial charge in [0.2, 0.25) is 0 Å². The summed E-state index contributed by atoms with van der Waals surface area (Å²) in [6.45, 7) is 6.02. The van der Waals surface area contributed by atoms with Gasteiger partial charge in [-0.05, 0) is 32.1 Å². The number of nitrogens with two attached hydrogens (primary N) is 1. The van der Waals surface area contributed by atoms with Crippen LogP contribution in [0.1, 0.15) is 13.8 Å². The zero-order chi connectivity index (χ0) is 9.23. The first-order chi connectivity index (χ1) is 5.85. The molecule has 0 saturated heterocycles. The van der Waals surface area contributed by atoms with Crippen LogP contribution in [0.3, 0.4) is 0 Å². The summed E-state index contributed by atoms with van der Waals surface area (Å²) in [6.07, 6.45) is 0. The average Bonchev–Trinajstić information content (AvgIpc) is 2.06. The van der Waals surface area contributed by atoms with Gasteiger partial charge >= 0.3 is 0 Å². The van der Waals surface area contributed by atoms with Crippen molar-refractivity contribution >= 4 is 9.52 Å². The fourth-order valence-corrected chi connectivity index (χ4v) is 1.69. The van der Waals surface area contributed by atoms with Crippen molar-refractivity contribution in [3.8, 4) is 0 Å². The predicted octanol–water partition coefficient (Wildman–Crippen LogP) is 0.404. The quantitative estimate of drug-likeness (QED) is 0.358. The Labute approximate surface area is 76.7 Å². The van der Waals surface area contributed by atoms with Crippen LogP contribution in [-0.4, -0.2) is 29.3 Å². The van der Waals surface area contributed by atoms with E-state index in [2.05, 4.69) is 5.70 Å². The van der Waals surface area contributed by atoms with Crippen molar-refractivity contribution in [3.05, 3.63) is 11.6 Å². The second kappa shape index (κ2) is 8.61. The highest BCUT2D eigenvalue weighted by molar-refractivity contribution is 6.42. The molecule has 2 N–H and O–H groups in total. The van der Waals surface area contributed by atoms with Crippen molar-refractivity contribution in [2.24, 2.45) is 5.73 Å². The van der Waals surface area contributed by atoms with Gasteiger partial charge in [-0.3, -0.25) is 0 Å². The molecular weight excluding hydrogens is 170 g/mol. The van der Waals surface area contributed by atoms with Gasteiger partial charge in [0.25, 0.3) is 5.95 Å². The van der Waals surface area contributed by atoms with Crippen LogP contribution in [0.25, 0.3) is 0 Å². The first-order valence-corrected chi connectivity index (χ1v) is 6.32. The van der Waals surface area contributed by atoms with Crippen molar-refractivity contribution in [2.45, 2.75) is 19.9 Å². The summed E-state index contributed by atoms with van der Waals surface area (Å²) in [7, 11) is -0.214. The van der Waals surface area contributed by atoms with E-state index < -0.39 is 0 Å². The number of rotatable bonds is 7. The lowest BCUT2D eigenvalue weighted by molar-refractivity contribution is 0.0475. The molecule has 0 atom stereocenters. The predicted molar refractivity (Wildman–Crippen MR) is 53.7 cm³/mol. The maximum atomic E-state index is 5.39. The van der Waals surface area contributed by atoms with Crippen molar-refractivity contribution < 1.29 is 9.47 Å². The number of ether oxygens (including phenoxy) is 2. The second-order valence-electron chi connectivity index (χ2n) is 2.32. The topological polar surface area (TPSA) is 44.5 Å². The molecule has 0 rings (SSSR count). The molecule has 0 aromatic rings. The molecule has 0 aromatic carbocycles. The number of hydrogen-bond donors (Lipinski definition) is 1. The van der Waals surface area contributed by atoms with Crippen LogP contribution in [0, 0.1) is 0 Å². The fourth-order valence-electron chi connectivity index (χ4n) is 0.782. The van der Waals surface area contributed by atoms with Crippen LogP contribution < -0.4 is 5.73 Å². The summed E-state index contributed by atoms with van der Waals surface area (Å²) < 4.78 is 10.5. The molecule has 0 heterocycles. The summed E-state index contributed by atoms with van der Waals surface area (Å²) in [5, 5.41) is 0. The lowest BCUT2D eigenvalue weighted by Crippen LogP contribution is -2.04. The maximum Gasteiger partial charge on any atom is 0.270 e. The lowest BCUT2D eigenvalue weighted by Gasteiger charge is -2.08. The van der Waals surface area contributed by atoms with Gasteiger partial charge < -0.3 is 15.2 Å². The molecule has 72 valence electrons. The Morgan fingerprint density at radius 3 is 2.33 bits per heavy atom. The minimum atomic E-state index is -0.214. The van der Waals surface area contributed by atoms with Crippen LogP contribution in [0.15, 0.2) is 11.6 Å². The third-order valence-electron chi connectivity index (χ3n) is 1.29. The zero-order valence-corrected chi connectivity index (χ0v) is 9.42. The van der Waals surface area contributed by atoms with Gasteiger partial charge in [0.05, 0.1) is 22.7 Å². The molecule has 0 unspecified atom stereocenters. The van der Waals surface area contributed by atoms with Crippen LogP contribution in [0.5, 0.6) is 0 Å². The molecule has 0 aliphatic heterocycles. The summed E-state index contributed by atoms with van der Waals surface area (Å²) in [4.78, 5) is 0. The molecular formula is C8H19NO2Si. The second-order valence-corrected chi connectivity index (χ2v) is 4.01. The van der Waals surface area contributed by atoms with E-state index in [9.17, 15) is 0 Å². The van der Waals surface area contributed by atoms with Crippen LogP contribution in [-0.2, 0) is 9.47 Å². The molecule has 4 heteroatoms. The molecule has 0 bridgehead atoms. The van der Waals surface area contributed by atoms with Gasteiger partial charge in [0, 0.05) is 0 Å². The Balaban J connectivity index is 3.64. The molecule has 0 aliphatic rings. The first-order valence-electron chi connectivity index (χ1n) is 4.50. The van der Waals surface area contributed by atoms with Gasteiger partial charge in [0.15, 0.2) is 0 Å². The first kappa shape index (κ1) is 11.5. The van der Waals surface area contributed by atoms with E-state index in [1.165, 1.54) is 0 Å². The van der Waals surface area contributed by atoms with Gasteiger partial charge in [-0.1, -0.05) is 0 Å². The largest absolute Gasteiger partial charge is 0.466 e. The standard InChI is InChI=1S/C8H19NO2Si/c1-3-10-8(11-4-2)7-12-6-5-9/h7H,3-6,9,12H2,1-2H3. The van der Waals surface area contributed by atoms with Gasteiger partial charge in [0.1, 0.15) is 0 Å². The summed E-state index contributed by atoms with van der Waals surface area (Å²) in [6, 6.07) is 1.11. The summed E-state index contributed by atoms with van der Waals surface area (Å²) >= 11 is 0. The van der Waals surface area contributed by atoms with E-state index in [0.29, 0.717) is 19.2 Å². The molecule has 0 aliphatic carbocycles. The Kier molecular flexibility index (Phi) is 8.27. The van der Waals surface area contributed by atoms with Gasteiger partial charge in [-0.15, -0.1) is 0 Å². The van der Waals surface area contributed by atoms with Crippen molar-refractivity contribution in [3.63, 3.8) is 0 Å². The Hall–Kier alpha value is -0.483. The van der Waals surface area contributed by atoms with Gasteiger partial charge in [-0.2, -0.15) is 0 Å². The van der Waals surface area contributed by atoms with Crippen LogP contribution in [0.4, 0.5) is 0 Å². The van der Waals surface area contributed by atoms with E-state index in [4.69, 9.17) is 15.2 Å². The highest BCUT2D eigenvalue weighted by Gasteiger charge is 1.95. The Morgan fingerprint density at radius 1 is 1.33 bits per heavy atom. The summed E-state index contributed by atoms with van der Waals surface area (Å²) in [5.41, 5.74) is 7.47. The van der Waals surface area contributed by atoms with Gasteiger partial charge in [-0.25, -0.2) is 0 Å². The minimum absolute atomic E-state index is 0.214. The zero-order valence-electron chi connectivity index (χ0n) is 8.01. The molecule has 12 heavy (non-hydrogen) atoms. The molecule has 0 amide bonds. The normalized spacial score (nSPS) is 10.2. The molecule has 0 saturated carbocycles. The van der Waals surface area contributed by atoms with Crippen molar-refractivity contribution in [1.29, 1.82) is 0 Å². The SMILES string of the molecule is CCOC(=C[SiH2]CCN)OCC. The summed E-state index contributed by atoms with van der Waals surface area (Å²) in [5.74, 6) is 0.695. The Morgan fingerprint density at radius 2 is 1.92 bits per heavy atom. The highest BCUT2D eigenvalue weighted by Crippen LogP contribution is 1.98. The van der Waals surface area contributed by atoms with E-state index in [1.807, 2.05) is 13.8 Å². The Bertz CT molecular complexity index is 120. The van der Waals surface area contributed by atoms with E-state index in [1.54, 1.807) is 0 Å². The lowest BCUT2D eigenvalue weighted by atomic mass is 10.8. The van der Waals surface area contributed by atoms with Crippen molar-refractivity contribution in [1.82, 2.24) is 0 Å². The molecule has 3 nitrogen and oxygen atoms in total. The highest BCUT2D eigenvalue weighted by atomic mass is 28.2. The average molecular weight is 189 g/mol. The molecule has 0 fully saturated rings.